The second-order valence-electron chi connectivity index (χ2n) is 6.63. The Kier molecular flexibility index (Phi) is 8.15. The van der Waals surface area contributed by atoms with E-state index in [0.29, 0.717) is 11.4 Å². The van der Waals surface area contributed by atoms with E-state index < -0.39 is 43.8 Å². The van der Waals surface area contributed by atoms with Crippen molar-refractivity contribution < 1.29 is 26.4 Å². The molecule has 0 spiro atoms. The Morgan fingerprint density at radius 2 is 0.912 bits per heavy atom. The van der Waals surface area contributed by atoms with Gasteiger partial charge in [-0.3, -0.25) is 9.59 Å². The van der Waals surface area contributed by atoms with Crippen LogP contribution in [0.15, 0.2) is 67.1 Å². The van der Waals surface area contributed by atoms with Gasteiger partial charge in [0.1, 0.15) is 0 Å². The molecular weight excluding hydrogens is 488 g/mol. The van der Waals surface area contributed by atoms with Gasteiger partial charge in [-0.05, 0) is 48.5 Å². The summed E-state index contributed by atoms with van der Waals surface area (Å²) in [6.45, 7) is 0. The van der Waals surface area contributed by atoms with E-state index in [-0.39, 0.29) is 22.6 Å². The summed E-state index contributed by atoms with van der Waals surface area (Å²) in [5, 5.41) is 5.04. The molecule has 0 atom stereocenters. The van der Waals surface area contributed by atoms with Crippen LogP contribution in [0, 0.1) is 0 Å². The fourth-order valence-electron chi connectivity index (χ4n) is 2.48. The molecule has 2 aromatic rings. The van der Waals surface area contributed by atoms with Crippen molar-refractivity contribution in [3.8, 4) is 0 Å². The van der Waals surface area contributed by atoms with Crippen molar-refractivity contribution in [3.63, 3.8) is 0 Å². The molecule has 0 bridgehead atoms. The molecule has 0 unspecified atom stereocenters. The topological polar surface area (TPSA) is 255 Å². The van der Waals surface area contributed by atoms with Crippen molar-refractivity contribution >= 4 is 55.2 Å². The lowest BCUT2D eigenvalue weighted by atomic mass is 10.2. The number of hydrogen-bond donors (Lipinski definition) is 6. The summed E-state index contributed by atoms with van der Waals surface area (Å²) in [6, 6.07) is 10.2. The summed E-state index contributed by atoms with van der Waals surface area (Å²) >= 11 is 0. The van der Waals surface area contributed by atoms with E-state index >= 15 is 0 Å². The summed E-state index contributed by atoms with van der Waals surface area (Å²) in [5.41, 5.74) is 20.9. The summed E-state index contributed by atoms with van der Waals surface area (Å²) in [6.07, 6.45) is -0.340. The molecule has 2 aromatic carbocycles. The normalized spacial score (nSPS) is 11.2. The largest absolute Gasteiger partial charge is 0.369 e. The van der Waals surface area contributed by atoms with E-state index in [1.807, 2.05) is 0 Å². The molecule has 16 heteroatoms. The predicted octanol–water partition coefficient (Wildman–Crippen LogP) is -1.03. The molecule has 0 aliphatic carbocycles. The fourth-order valence-corrected chi connectivity index (χ4v) is 4.20. The van der Waals surface area contributed by atoms with Crippen LogP contribution in [0.4, 0.5) is 11.4 Å². The highest BCUT2D eigenvalue weighted by Gasteiger charge is 2.15. The lowest BCUT2D eigenvalue weighted by Crippen LogP contribution is -2.24. The third kappa shape index (κ3) is 7.75. The number of nitrogens with zero attached hydrogens (tertiary/aromatic N) is 2. The number of nitrogens with one attached hydrogen (secondary N) is 2. The second kappa shape index (κ2) is 10.6. The van der Waals surface area contributed by atoms with Gasteiger partial charge in [-0.1, -0.05) is 0 Å². The van der Waals surface area contributed by atoms with Crippen molar-refractivity contribution in [1.29, 1.82) is 0 Å². The highest BCUT2D eigenvalue weighted by Crippen LogP contribution is 2.18. The summed E-state index contributed by atoms with van der Waals surface area (Å²) in [4.78, 5) is 23.8. The van der Waals surface area contributed by atoms with Gasteiger partial charge in [0.2, 0.25) is 23.7 Å². The van der Waals surface area contributed by atoms with Crippen LogP contribution in [-0.4, -0.2) is 40.6 Å². The Hall–Kier alpha value is -4.18. The highest BCUT2D eigenvalue weighted by molar-refractivity contribution is 7.90. The number of rotatable bonds is 9. The number of hydrogen-bond acceptors (Lipinski definition) is 6. The van der Waals surface area contributed by atoms with Crippen LogP contribution in [-0.2, 0) is 29.6 Å². The predicted molar refractivity (Wildman–Crippen MR) is 125 cm³/mol. The molecule has 0 saturated carbocycles. The Morgan fingerprint density at radius 1 is 0.618 bits per heavy atom. The standard InChI is InChI=1S/C18H22N8O6S2/c19-17(20)25-33(29,30)13-5-1-11(2-6-13)23-15(27)9-10-16(28)24-12-3-7-14(8-4-12)34(31,32)26-18(21)22/h1-8H,9-10H2,(H,23,27)(H,24,28)(H4,19,20,25)(H4,21,22,26). The Bertz CT molecular complexity index is 1220. The van der Waals surface area contributed by atoms with Gasteiger partial charge in [-0.2, -0.15) is 16.8 Å². The SMILES string of the molecule is NC(N)=NS(=O)(=O)c1ccc(NC(=O)CCC(=O)Nc2ccc(S(=O)(=O)N=C(N)N)cc2)cc1. The zero-order chi connectivity index (χ0) is 25.5. The maximum absolute atomic E-state index is 12.1. The minimum absolute atomic E-state index is 0.170. The fraction of sp³-hybridized carbons (Fsp3) is 0.111. The molecule has 0 aromatic heterocycles. The molecule has 182 valence electrons. The van der Waals surface area contributed by atoms with Gasteiger partial charge in [0.05, 0.1) is 9.79 Å². The Morgan fingerprint density at radius 3 is 1.18 bits per heavy atom. The van der Waals surface area contributed by atoms with E-state index in [9.17, 15) is 26.4 Å². The molecule has 10 N–H and O–H groups in total. The first-order chi connectivity index (χ1) is 15.8. The molecule has 34 heavy (non-hydrogen) atoms. The van der Waals surface area contributed by atoms with Crippen molar-refractivity contribution in [2.24, 2.45) is 31.7 Å². The minimum atomic E-state index is -4.05. The van der Waals surface area contributed by atoms with Gasteiger partial charge in [0, 0.05) is 24.2 Å². The molecule has 0 aliphatic heterocycles. The third-order valence-corrected chi connectivity index (χ3v) is 6.54. The molecule has 0 fully saturated rings. The molecule has 14 nitrogen and oxygen atoms in total. The molecule has 2 rings (SSSR count). The van der Waals surface area contributed by atoms with Crippen LogP contribution in [0.5, 0.6) is 0 Å². The van der Waals surface area contributed by atoms with E-state index in [1.165, 1.54) is 48.5 Å². The first kappa shape index (κ1) is 26.1. The number of benzene rings is 2. The Balaban J connectivity index is 1.89. The summed E-state index contributed by atoms with van der Waals surface area (Å²) in [5.74, 6) is -2.20. The van der Waals surface area contributed by atoms with Crippen LogP contribution < -0.4 is 33.6 Å². The first-order valence-corrected chi connectivity index (χ1v) is 12.2. The van der Waals surface area contributed by atoms with Gasteiger partial charge in [0.25, 0.3) is 20.0 Å². The molecule has 0 radical (unpaired) electrons. The lowest BCUT2D eigenvalue weighted by molar-refractivity contribution is -0.121. The summed E-state index contributed by atoms with van der Waals surface area (Å²) in [7, 11) is -8.10. The quantitative estimate of drug-likeness (QED) is 0.176. The monoisotopic (exact) mass is 510 g/mol. The molecule has 0 saturated heterocycles. The minimum Gasteiger partial charge on any atom is -0.369 e. The molecular formula is C18H22N8O6S2. The van der Waals surface area contributed by atoms with Gasteiger partial charge >= 0.3 is 0 Å². The van der Waals surface area contributed by atoms with Crippen LogP contribution in [0.1, 0.15) is 12.8 Å². The lowest BCUT2D eigenvalue weighted by Gasteiger charge is -2.08. The van der Waals surface area contributed by atoms with Crippen molar-refractivity contribution in [3.05, 3.63) is 48.5 Å². The van der Waals surface area contributed by atoms with E-state index in [1.54, 1.807) is 0 Å². The second-order valence-corrected chi connectivity index (χ2v) is 9.84. The number of sulfonamides is 2. The zero-order valence-electron chi connectivity index (χ0n) is 17.5. The molecule has 0 heterocycles. The van der Waals surface area contributed by atoms with E-state index in [4.69, 9.17) is 22.9 Å². The maximum Gasteiger partial charge on any atom is 0.285 e. The molecule has 0 aliphatic rings. The molecule has 2 amide bonds. The number of carbonyl (C=O) groups excluding carboxylic acids is 2. The zero-order valence-corrected chi connectivity index (χ0v) is 19.1. The number of amides is 2. The van der Waals surface area contributed by atoms with Crippen molar-refractivity contribution in [2.75, 3.05) is 10.6 Å². The van der Waals surface area contributed by atoms with Gasteiger partial charge in [-0.25, -0.2) is 0 Å². The van der Waals surface area contributed by atoms with Crippen molar-refractivity contribution in [2.45, 2.75) is 22.6 Å². The van der Waals surface area contributed by atoms with Crippen LogP contribution >= 0.6 is 0 Å². The number of anilines is 2. The summed E-state index contributed by atoms with van der Waals surface area (Å²) < 4.78 is 53.9. The van der Waals surface area contributed by atoms with Crippen LogP contribution in [0.3, 0.4) is 0 Å². The van der Waals surface area contributed by atoms with E-state index in [2.05, 4.69) is 19.4 Å². The highest BCUT2D eigenvalue weighted by atomic mass is 32.2. The third-order valence-electron chi connectivity index (χ3n) is 3.90. The van der Waals surface area contributed by atoms with Gasteiger partial charge in [0.15, 0.2) is 0 Å². The number of guanidine groups is 2. The van der Waals surface area contributed by atoms with Gasteiger partial charge in [-0.15, -0.1) is 8.80 Å². The first-order valence-electron chi connectivity index (χ1n) is 9.30. The average molecular weight is 511 g/mol. The van der Waals surface area contributed by atoms with Crippen LogP contribution in [0.2, 0.25) is 0 Å². The number of nitrogens with two attached hydrogens (primary N) is 4. The average Bonchev–Trinajstić information content (AvgIpc) is 2.71. The Labute approximate surface area is 195 Å². The maximum atomic E-state index is 12.1. The number of carbonyl (C=O) groups is 2. The smallest absolute Gasteiger partial charge is 0.285 e. The van der Waals surface area contributed by atoms with Crippen LogP contribution in [0.25, 0.3) is 0 Å². The van der Waals surface area contributed by atoms with Crippen molar-refractivity contribution in [1.82, 2.24) is 0 Å². The van der Waals surface area contributed by atoms with E-state index in [0.717, 1.165) is 0 Å². The van der Waals surface area contributed by atoms with Gasteiger partial charge < -0.3 is 33.6 Å².